The second kappa shape index (κ2) is 6.24. The van der Waals surface area contributed by atoms with E-state index in [2.05, 4.69) is 11.8 Å². The van der Waals surface area contributed by atoms with E-state index in [0.29, 0.717) is 11.4 Å². The molecular weight excluding hydrogens is 274 g/mol. The SMILES string of the molecule is CCN(CC1CC1)CC(O)c1ccc(S(C)(=O)=O)cc1. The predicted octanol–water partition coefficient (Wildman–Crippen LogP) is 1.86. The van der Waals surface area contributed by atoms with Crippen molar-refractivity contribution in [3.05, 3.63) is 29.8 Å². The van der Waals surface area contributed by atoms with Crippen molar-refractivity contribution < 1.29 is 13.5 Å². The molecular formula is C15H23NO3S. The summed E-state index contributed by atoms with van der Waals surface area (Å²) in [7, 11) is -3.17. The summed E-state index contributed by atoms with van der Waals surface area (Å²) in [5.74, 6) is 0.801. The Kier molecular flexibility index (Phi) is 4.83. The Hall–Kier alpha value is -0.910. The average Bonchev–Trinajstić information content (AvgIpc) is 3.21. The van der Waals surface area contributed by atoms with Crippen molar-refractivity contribution in [2.24, 2.45) is 5.92 Å². The molecule has 1 aliphatic carbocycles. The zero-order valence-corrected chi connectivity index (χ0v) is 12.9. The summed E-state index contributed by atoms with van der Waals surface area (Å²) >= 11 is 0. The van der Waals surface area contributed by atoms with E-state index in [1.165, 1.54) is 19.1 Å². The zero-order chi connectivity index (χ0) is 14.8. The van der Waals surface area contributed by atoms with Crippen LogP contribution in [-0.2, 0) is 9.84 Å². The van der Waals surface area contributed by atoms with E-state index in [0.717, 1.165) is 24.6 Å². The van der Waals surface area contributed by atoms with Gasteiger partial charge in [-0.05, 0) is 43.0 Å². The summed E-state index contributed by atoms with van der Waals surface area (Å²) in [5.41, 5.74) is 0.770. The molecule has 1 N–H and O–H groups in total. The third kappa shape index (κ3) is 4.30. The summed E-state index contributed by atoms with van der Waals surface area (Å²) in [6.45, 7) is 4.68. The van der Waals surface area contributed by atoms with Crippen LogP contribution in [0.3, 0.4) is 0 Å². The Morgan fingerprint density at radius 1 is 1.30 bits per heavy atom. The van der Waals surface area contributed by atoms with Crippen LogP contribution in [0.4, 0.5) is 0 Å². The minimum Gasteiger partial charge on any atom is -0.387 e. The summed E-state index contributed by atoms with van der Waals surface area (Å²) in [6, 6.07) is 6.52. The number of hydrogen-bond acceptors (Lipinski definition) is 4. The van der Waals surface area contributed by atoms with Crippen molar-refractivity contribution in [3.8, 4) is 0 Å². The van der Waals surface area contributed by atoms with Crippen LogP contribution in [0.15, 0.2) is 29.2 Å². The molecule has 1 unspecified atom stereocenters. The quantitative estimate of drug-likeness (QED) is 0.834. The van der Waals surface area contributed by atoms with Crippen LogP contribution in [0.2, 0.25) is 0 Å². The van der Waals surface area contributed by atoms with Crippen molar-refractivity contribution in [1.82, 2.24) is 4.90 Å². The standard InChI is InChI=1S/C15H23NO3S/c1-3-16(10-12-4-5-12)11-15(17)13-6-8-14(9-7-13)20(2,18)19/h6-9,12,15,17H,3-5,10-11H2,1-2H3. The maximum atomic E-state index is 11.4. The molecule has 0 spiro atoms. The van der Waals surface area contributed by atoms with Crippen LogP contribution in [0, 0.1) is 5.92 Å². The number of aliphatic hydroxyl groups excluding tert-OH is 1. The minimum absolute atomic E-state index is 0.291. The highest BCUT2D eigenvalue weighted by molar-refractivity contribution is 7.90. The molecule has 20 heavy (non-hydrogen) atoms. The molecule has 1 fully saturated rings. The van der Waals surface area contributed by atoms with E-state index in [1.54, 1.807) is 24.3 Å². The molecule has 112 valence electrons. The Labute approximate surface area is 121 Å². The second-order valence-corrected chi connectivity index (χ2v) is 7.67. The minimum atomic E-state index is -3.17. The Morgan fingerprint density at radius 3 is 2.35 bits per heavy atom. The summed E-state index contributed by atoms with van der Waals surface area (Å²) in [4.78, 5) is 2.55. The molecule has 1 aromatic carbocycles. The molecule has 0 amide bonds. The van der Waals surface area contributed by atoms with Gasteiger partial charge in [-0.1, -0.05) is 19.1 Å². The van der Waals surface area contributed by atoms with E-state index >= 15 is 0 Å². The largest absolute Gasteiger partial charge is 0.387 e. The summed E-state index contributed by atoms with van der Waals surface area (Å²) in [5, 5.41) is 10.3. The molecule has 1 atom stereocenters. The van der Waals surface area contributed by atoms with Gasteiger partial charge in [0.15, 0.2) is 9.84 Å². The van der Waals surface area contributed by atoms with Gasteiger partial charge >= 0.3 is 0 Å². The maximum absolute atomic E-state index is 11.4. The number of aliphatic hydroxyl groups is 1. The first-order valence-electron chi connectivity index (χ1n) is 7.10. The lowest BCUT2D eigenvalue weighted by molar-refractivity contribution is 0.113. The molecule has 0 heterocycles. The molecule has 0 radical (unpaired) electrons. The van der Waals surface area contributed by atoms with E-state index in [-0.39, 0.29) is 0 Å². The van der Waals surface area contributed by atoms with Gasteiger partial charge in [-0.15, -0.1) is 0 Å². The van der Waals surface area contributed by atoms with Gasteiger partial charge in [-0.2, -0.15) is 0 Å². The molecule has 0 saturated heterocycles. The van der Waals surface area contributed by atoms with Gasteiger partial charge in [0.2, 0.25) is 0 Å². The van der Waals surface area contributed by atoms with Crippen molar-refractivity contribution in [3.63, 3.8) is 0 Å². The lowest BCUT2D eigenvalue weighted by Crippen LogP contribution is -2.30. The monoisotopic (exact) mass is 297 g/mol. The maximum Gasteiger partial charge on any atom is 0.175 e. The van der Waals surface area contributed by atoms with Gasteiger partial charge in [0.05, 0.1) is 11.0 Å². The van der Waals surface area contributed by atoms with Gasteiger partial charge in [0.25, 0.3) is 0 Å². The van der Waals surface area contributed by atoms with E-state index in [1.807, 2.05) is 0 Å². The fourth-order valence-electron chi connectivity index (χ4n) is 2.29. The average molecular weight is 297 g/mol. The summed E-state index contributed by atoms with van der Waals surface area (Å²) < 4.78 is 22.8. The molecule has 1 aromatic rings. The molecule has 0 aromatic heterocycles. The predicted molar refractivity (Wildman–Crippen MR) is 79.3 cm³/mol. The fourth-order valence-corrected chi connectivity index (χ4v) is 2.92. The van der Waals surface area contributed by atoms with Crippen LogP contribution < -0.4 is 0 Å². The molecule has 1 aliphatic rings. The second-order valence-electron chi connectivity index (χ2n) is 5.65. The van der Waals surface area contributed by atoms with Crippen molar-refractivity contribution in [2.45, 2.75) is 30.8 Å². The third-order valence-electron chi connectivity index (χ3n) is 3.78. The van der Waals surface area contributed by atoms with E-state index < -0.39 is 15.9 Å². The van der Waals surface area contributed by atoms with Gasteiger partial charge < -0.3 is 10.0 Å². The van der Waals surface area contributed by atoms with E-state index in [9.17, 15) is 13.5 Å². The molecule has 4 nitrogen and oxygen atoms in total. The highest BCUT2D eigenvalue weighted by Crippen LogP contribution is 2.30. The van der Waals surface area contributed by atoms with Crippen LogP contribution in [0.5, 0.6) is 0 Å². The smallest absolute Gasteiger partial charge is 0.175 e. The first-order chi connectivity index (χ1) is 9.40. The first-order valence-corrected chi connectivity index (χ1v) is 8.99. The fraction of sp³-hybridized carbons (Fsp3) is 0.600. The van der Waals surface area contributed by atoms with Gasteiger partial charge in [-0.3, -0.25) is 0 Å². The number of hydrogen-bond donors (Lipinski definition) is 1. The van der Waals surface area contributed by atoms with Gasteiger partial charge in [0, 0.05) is 19.3 Å². The van der Waals surface area contributed by atoms with E-state index in [4.69, 9.17) is 0 Å². The van der Waals surface area contributed by atoms with Crippen molar-refractivity contribution >= 4 is 9.84 Å². The number of likely N-dealkylation sites (N-methyl/N-ethyl adjacent to an activating group) is 1. The molecule has 0 bridgehead atoms. The normalized spacial score (nSPS) is 17.4. The van der Waals surface area contributed by atoms with Crippen LogP contribution in [0.25, 0.3) is 0 Å². The lowest BCUT2D eigenvalue weighted by atomic mass is 10.1. The molecule has 1 saturated carbocycles. The molecule has 0 aliphatic heterocycles. The highest BCUT2D eigenvalue weighted by Gasteiger charge is 2.24. The molecule has 2 rings (SSSR count). The van der Waals surface area contributed by atoms with Crippen LogP contribution in [0.1, 0.15) is 31.4 Å². The summed E-state index contributed by atoms with van der Waals surface area (Å²) in [6.07, 6.45) is 3.22. The van der Waals surface area contributed by atoms with Crippen molar-refractivity contribution in [2.75, 3.05) is 25.9 Å². The van der Waals surface area contributed by atoms with Gasteiger partial charge in [0.1, 0.15) is 0 Å². The zero-order valence-electron chi connectivity index (χ0n) is 12.1. The number of nitrogens with zero attached hydrogens (tertiary/aromatic N) is 1. The number of sulfone groups is 1. The Bertz CT molecular complexity index is 535. The molecule has 5 heteroatoms. The highest BCUT2D eigenvalue weighted by atomic mass is 32.2. The van der Waals surface area contributed by atoms with Gasteiger partial charge in [-0.25, -0.2) is 8.42 Å². The first kappa shape index (κ1) is 15.5. The Balaban J connectivity index is 1.98. The third-order valence-corrected chi connectivity index (χ3v) is 4.91. The van der Waals surface area contributed by atoms with Crippen LogP contribution >= 0.6 is 0 Å². The topological polar surface area (TPSA) is 57.6 Å². The number of benzene rings is 1. The van der Waals surface area contributed by atoms with Crippen LogP contribution in [-0.4, -0.2) is 44.3 Å². The Morgan fingerprint density at radius 2 is 1.90 bits per heavy atom. The number of rotatable bonds is 7. The van der Waals surface area contributed by atoms with Crippen molar-refractivity contribution in [1.29, 1.82) is 0 Å². The lowest BCUT2D eigenvalue weighted by Gasteiger charge is -2.23.